The monoisotopic (exact) mass is 272 g/mol. The fourth-order valence-electron chi connectivity index (χ4n) is 3.24. The molecule has 1 saturated carbocycles. The molecule has 1 saturated heterocycles. The van der Waals surface area contributed by atoms with Crippen LogP contribution in [0.15, 0.2) is 18.2 Å². The number of rotatable bonds is 2. The molecule has 0 radical (unpaired) electrons. The predicted molar refractivity (Wildman–Crippen MR) is 82.1 cm³/mol. The summed E-state index contributed by atoms with van der Waals surface area (Å²) in [6.45, 7) is 7.98. The van der Waals surface area contributed by atoms with Crippen LogP contribution in [-0.4, -0.2) is 37.0 Å². The molecule has 20 heavy (non-hydrogen) atoms. The minimum Gasteiger partial charge on any atom is -0.368 e. The summed E-state index contributed by atoms with van der Waals surface area (Å²) in [4.78, 5) is 16.7. The van der Waals surface area contributed by atoms with Crippen LogP contribution >= 0.6 is 0 Å². The first-order valence-electron chi connectivity index (χ1n) is 7.76. The van der Waals surface area contributed by atoms with Gasteiger partial charge in [0, 0.05) is 37.8 Å². The first kappa shape index (κ1) is 13.5. The molecule has 1 aromatic rings. The van der Waals surface area contributed by atoms with Crippen LogP contribution in [0.5, 0.6) is 0 Å². The standard InChI is InChI=1S/C17H24N2O/c1-13-6-7-16(14(2)12-13)18-8-10-19(11-9-18)17(20)15-4-3-5-15/h6-7,12,15H,3-5,8-11H2,1-2H3. The second-order valence-corrected chi connectivity index (χ2v) is 6.23. The Kier molecular flexibility index (Phi) is 3.68. The number of hydrogen-bond acceptors (Lipinski definition) is 2. The van der Waals surface area contributed by atoms with Crippen molar-refractivity contribution in [3.63, 3.8) is 0 Å². The van der Waals surface area contributed by atoms with Crippen molar-refractivity contribution in [3.05, 3.63) is 29.3 Å². The Labute approximate surface area is 121 Å². The SMILES string of the molecule is Cc1ccc(N2CCN(C(=O)C3CCC3)CC2)c(C)c1. The van der Waals surface area contributed by atoms with E-state index in [4.69, 9.17) is 0 Å². The molecular formula is C17H24N2O. The number of carbonyl (C=O) groups is 1. The highest BCUT2D eigenvalue weighted by Crippen LogP contribution is 2.29. The molecule has 1 amide bonds. The summed E-state index contributed by atoms with van der Waals surface area (Å²) in [5, 5.41) is 0. The fourth-order valence-corrected chi connectivity index (χ4v) is 3.24. The molecule has 3 rings (SSSR count). The van der Waals surface area contributed by atoms with Gasteiger partial charge in [-0.15, -0.1) is 0 Å². The minimum absolute atomic E-state index is 0.336. The van der Waals surface area contributed by atoms with Crippen molar-refractivity contribution in [1.82, 2.24) is 4.90 Å². The molecule has 3 heteroatoms. The third kappa shape index (κ3) is 2.54. The van der Waals surface area contributed by atoms with Crippen molar-refractivity contribution in [2.24, 2.45) is 5.92 Å². The summed E-state index contributed by atoms with van der Waals surface area (Å²) >= 11 is 0. The summed E-state index contributed by atoms with van der Waals surface area (Å²) in [6, 6.07) is 6.63. The number of piperazine rings is 1. The van der Waals surface area contributed by atoms with Crippen LogP contribution in [0.25, 0.3) is 0 Å². The quantitative estimate of drug-likeness (QED) is 0.826. The smallest absolute Gasteiger partial charge is 0.225 e. The topological polar surface area (TPSA) is 23.6 Å². The number of carbonyl (C=O) groups excluding carboxylic acids is 1. The van der Waals surface area contributed by atoms with E-state index in [1.54, 1.807) is 0 Å². The van der Waals surface area contributed by atoms with Gasteiger partial charge in [-0.3, -0.25) is 4.79 Å². The number of hydrogen-bond donors (Lipinski definition) is 0. The highest BCUT2D eigenvalue weighted by atomic mass is 16.2. The maximum absolute atomic E-state index is 12.2. The number of benzene rings is 1. The lowest BCUT2D eigenvalue weighted by molar-refractivity contribution is -0.138. The zero-order valence-electron chi connectivity index (χ0n) is 12.6. The Bertz CT molecular complexity index is 500. The molecule has 1 aliphatic carbocycles. The highest BCUT2D eigenvalue weighted by molar-refractivity contribution is 5.80. The van der Waals surface area contributed by atoms with Crippen molar-refractivity contribution < 1.29 is 4.79 Å². The van der Waals surface area contributed by atoms with Gasteiger partial charge in [-0.25, -0.2) is 0 Å². The normalized spacial score (nSPS) is 19.9. The van der Waals surface area contributed by atoms with Gasteiger partial charge in [-0.1, -0.05) is 24.1 Å². The van der Waals surface area contributed by atoms with Crippen molar-refractivity contribution in [3.8, 4) is 0 Å². The number of anilines is 1. The van der Waals surface area contributed by atoms with Crippen LogP contribution < -0.4 is 4.90 Å². The van der Waals surface area contributed by atoms with Crippen LogP contribution in [0.3, 0.4) is 0 Å². The number of aryl methyl sites for hydroxylation is 2. The van der Waals surface area contributed by atoms with Gasteiger partial charge in [0.15, 0.2) is 0 Å². The molecule has 1 aromatic carbocycles. The van der Waals surface area contributed by atoms with E-state index in [9.17, 15) is 4.79 Å². The number of amides is 1. The maximum atomic E-state index is 12.2. The molecule has 2 aliphatic rings. The lowest BCUT2D eigenvalue weighted by Crippen LogP contribution is -2.51. The van der Waals surface area contributed by atoms with Crippen LogP contribution in [0.2, 0.25) is 0 Å². The third-order valence-electron chi connectivity index (χ3n) is 4.74. The molecule has 0 bridgehead atoms. The average Bonchev–Trinajstić information content (AvgIpc) is 2.37. The molecule has 108 valence electrons. The molecule has 0 aromatic heterocycles. The fraction of sp³-hybridized carbons (Fsp3) is 0.588. The molecule has 1 heterocycles. The molecule has 2 fully saturated rings. The second-order valence-electron chi connectivity index (χ2n) is 6.23. The van der Waals surface area contributed by atoms with E-state index in [-0.39, 0.29) is 0 Å². The summed E-state index contributed by atoms with van der Waals surface area (Å²) in [5.74, 6) is 0.735. The summed E-state index contributed by atoms with van der Waals surface area (Å²) in [7, 11) is 0. The largest absolute Gasteiger partial charge is 0.368 e. The van der Waals surface area contributed by atoms with Gasteiger partial charge >= 0.3 is 0 Å². The molecule has 1 aliphatic heterocycles. The molecule has 0 N–H and O–H groups in total. The lowest BCUT2D eigenvalue weighted by atomic mass is 9.84. The van der Waals surface area contributed by atoms with Crippen LogP contribution in [0.1, 0.15) is 30.4 Å². The Balaban J connectivity index is 1.61. The van der Waals surface area contributed by atoms with Gasteiger partial charge < -0.3 is 9.80 Å². The van der Waals surface area contributed by atoms with Crippen molar-refractivity contribution in [2.75, 3.05) is 31.1 Å². The molecule has 0 atom stereocenters. The van der Waals surface area contributed by atoms with Gasteiger partial charge in [-0.2, -0.15) is 0 Å². The average molecular weight is 272 g/mol. The van der Waals surface area contributed by atoms with Crippen molar-refractivity contribution in [1.29, 1.82) is 0 Å². The maximum Gasteiger partial charge on any atom is 0.225 e. The summed E-state index contributed by atoms with van der Waals surface area (Å²) in [5.41, 5.74) is 3.97. The second kappa shape index (κ2) is 5.47. The summed E-state index contributed by atoms with van der Waals surface area (Å²) < 4.78 is 0. The zero-order valence-corrected chi connectivity index (χ0v) is 12.6. The number of nitrogens with zero attached hydrogens (tertiary/aromatic N) is 2. The molecule has 0 unspecified atom stereocenters. The Morgan fingerprint density at radius 3 is 2.35 bits per heavy atom. The molecule has 3 nitrogen and oxygen atoms in total. The first-order chi connectivity index (χ1) is 9.65. The Morgan fingerprint density at radius 1 is 1.10 bits per heavy atom. The predicted octanol–water partition coefficient (Wildman–Crippen LogP) is 2.75. The van der Waals surface area contributed by atoms with E-state index in [2.05, 4.69) is 41.8 Å². The summed E-state index contributed by atoms with van der Waals surface area (Å²) in [6.07, 6.45) is 3.45. The van der Waals surface area contributed by atoms with E-state index in [0.717, 1.165) is 39.0 Å². The van der Waals surface area contributed by atoms with E-state index in [1.165, 1.54) is 23.2 Å². The van der Waals surface area contributed by atoms with Gasteiger partial charge in [0.25, 0.3) is 0 Å². The van der Waals surface area contributed by atoms with E-state index < -0.39 is 0 Å². The van der Waals surface area contributed by atoms with Gasteiger partial charge in [0.1, 0.15) is 0 Å². The van der Waals surface area contributed by atoms with Crippen LogP contribution in [0.4, 0.5) is 5.69 Å². The van der Waals surface area contributed by atoms with Gasteiger partial charge in [0.2, 0.25) is 5.91 Å². The minimum atomic E-state index is 0.336. The van der Waals surface area contributed by atoms with E-state index in [0.29, 0.717) is 11.8 Å². The highest BCUT2D eigenvalue weighted by Gasteiger charge is 2.31. The van der Waals surface area contributed by atoms with Crippen molar-refractivity contribution >= 4 is 11.6 Å². The van der Waals surface area contributed by atoms with Crippen LogP contribution in [0, 0.1) is 19.8 Å². The zero-order chi connectivity index (χ0) is 14.1. The Hall–Kier alpha value is -1.51. The lowest BCUT2D eigenvalue weighted by Gasteiger charge is -2.39. The van der Waals surface area contributed by atoms with Crippen molar-refractivity contribution in [2.45, 2.75) is 33.1 Å². The van der Waals surface area contributed by atoms with Gasteiger partial charge in [0.05, 0.1) is 0 Å². The van der Waals surface area contributed by atoms with E-state index in [1.807, 2.05) is 0 Å². The molecular weight excluding hydrogens is 248 g/mol. The third-order valence-corrected chi connectivity index (χ3v) is 4.74. The van der Waals surface area contributed by atoms with E-state index >= 15 is 0 Å². The molecule has 0 spiro atoms. The van der Waals surface area contributed by atoms with Crippen LogP contribution in [-0.2, 0) is 4.79 Å². The first-order valence-corrected chi connectivity index (χ1v) is 7.76. The van der Waals surface area contributed by atoms with Gasteiger partial charge in [-0.05, 0) is 38.3 Å². The Morgan fingerprint density at radius 2 is 1.80 bits per heavy atom.